The lowest BCUT2D eigenvalue weighted by Gasteiger charge is -2.44. The molecule has 1 heterocycles. The van der Waals surface area contributed by atoms with Crippen LogP contribution in [0.2, 0.25) is 0 Å². The molecule has 2 aliphatic carbocycles. The second-order valence-electron chi connectivity index (χ2n) is 7.80. The molecular formula is C18H33NO2. The summed E-state index contributed by atoms with van der Waals surface area (Å²) in [7, 11) is 0. The van der Waals surface area contributed by atoms with Gasteiger partial charge in [0, 0.05) is 19.2 Å². The molecule has 21 heavy (non-hydrogen) atoms. The highest BCUT2D eigenvalue weighted by Crippen LogP contribution is 2.38. The molecule has 3 fully saturated rings. The largest absolute Gasteiger partial charge is 0.389 e. The zero-order chi connectivity index (χ0) is 14.6. The molecule has 1 unspecified atom stereocenters. The number of hydrogen-bond donors (Lipinski definition) is 2. The van der Waals surface area contributed by atoms with Crippen molar-refractivity contribution >= 4 is 0 Å². The zero-order valence-electron chi connectivity index (χ0n) is 13.5. The van der Waals surface area contributed by atoms with E-state index in [4.69, 9.17) is 4.74 Å². The first-order chi connectivity index (χ1) is 10.2. The third-order valence-electron chi connectivity index (χ3n) is 6.01. The molecule has 1 spiro atoms. The molecule has 3 nitrogen and oxygen atoms in total. The van der Waals surface area contributed by atoms with Gasteiger partial charge in [-0.1, -0.05) is 44.9 Å². The highest BCUT2D eigenvalue weighted by atomic mass is 16.5. The van der Waals surface area contributed by atoms with Crippen LogP contribution in [-0.4, -0.2) is 35.5 Å². The summed E-state index contributed by atoms with van der Waals surface area (Å²) in [5, 5.41) is 14.5. The highest BCUT2D eigenvalue weighted by Gasteiger charge is 2.39. The minimum absolute atomic E-state index is 0.167. The summed E-state index contributed by atoms with van der Waals surface area (Å²) in [6, 6.07) is 0.545. The molecule has 0 bridgehead atoms. The summed E-state index contributed by atoms with van der Waals surface area (Å²) in [5.74, 6) is 0. The first kappa shape index (κ1) is 15.8. The van der Waals surface area contributed by atoms with Gasteiger partial charge in [-0.2, -0.15) is 0 Å². The monoisotopic (exact) mass is 295 g/mol. The summed E-state index contributed by atoms with van der Waals surface area (Å²) in [4.78, 5) is 0. The molecule has 3 heteroatoms. The van der Waals surface area contributed by atoms with E-state index >= 15 is 0 Å². The quantitative estimate of drug-likeness (QED) is 0.783. The lowest BCUT2D eigenvalue weighted by atomic mass is 9.78. The van der Waals surface area contributed by atoms with Gasteiger partial charge in [-0.15, -0.1) is 0 Å². The molecule has 0 radical (unpaired) electrons. The van der Waals surface area contributed by atoms with E-state index in [-0.39, 0.29) is 5.60 Å². The molecule has 2 N–H and O–H groups in total. The molecule has 0 aromatic heterocycles. The first-order valence-corrected chi connectivity index (χ1v) is 9.30. The van der Waals surface area contributed by atoms with Gasteiger partial charge in [-0.3, -0.25) is 0 Å². The smallest absolute Gasteiger partial charge is 0.0771 e. The van der Waals surface area contributed by atoms with Crippen LogP contribution in [0, 0.1) is 0 Å². The molecule has 0 aromatic carbocycles. The van der Waals surface area contributed by atoms with Gasteiger partial charge in [0.25, 0.3) is 0 Å². The summed E-state index contributed by atoms with van der Waals surface area (Å²) in [5.41, 5.74) is -0.283. The van der Waals surface area contributed by atoms with Gasteiger partial charge in [0.05, 0.1) is 11.2 Å². The SMILES string of the molecule is OC1(CNC2CCOC3(CCCCC3)C2)CCCCCC1. The fourth-order valence-electron chi connectivity index (χ4n) is 4.64. The topological polar surface area (TPSA) is 41.5 Å². The Hall–Kier alpha value is -0.120. The number of aliphatic hydroxyl groups is 1. The van der Waals surface area contributed by atoms with Gasteiger partial charge < -0.3 is 15.2 Å². The van der Waals surface area contributed by atoms with E-state index in [0.29, 0.717) is 6.04 Å². The van der Waals surface area contributed by atoms with Crippen molar-refractivity contribution in [3.05, 3.63) is 0 Å². The average molecular weight is 295 g/mol. The van der Waals surface area contributed by atoms with Crippen LogP contribution in [0.5, 0.6) is 0 Å². The van der Waals surface area contributed by atoms with E-state index in [2.05, 4.69) is 5.32 Å². The van der Waals surface area contributed by atoms with Crippen molar-refractivity contribution in [1.82, 2.24) is 5.32 Å². The van der Waals surface area contributed by atoms with E-state index in [0.717, 1.165) is 38.8 Å². The van der Waals surface area contributed by atoms with Crippen LogP contribution < -0.4 is 5.32 Å². The second kappa shape index (κ2) is 6.97. The van der Waals surface area contributed by atoms with Gasteiger partial charge in [0.2, 0.25) is 0 Å². The van der Waals surface area contributed by atoms with Crippen LogP contribution in [0.15, 0.2) is 0 Å². The molecule has 1 saturated heterocycles. The van der Waals surface area contributed by atoms with E-state index in [9.17, 15) is 5.11 Å². The molecule has 1 aliphatic heterocycles. The van der Waals surface area contributed by atoms with Crippen molar-refractivity contribution in [2.45, 2.75) is 101 Å². The zero-order valence-corrected chi connectivity index (χ0v) is 13.5. The summed E-state index contributed by atoms with van der Waals surface area (Å²) in [6.07, 6.45) is 15.7. The second-order valence-corrected chi connectivity index (χ2v) is 7.80. The molecule has 3 aliphatic rings. The Morgan fingerprint density at radius 3 is 2.24 bits per heavy atom. The Morgan fingerprint density at radius 1 is 0.905 bits per heavy atom. The lowest BCUT2D eigenvalue weighted by molar-refractivity contribution is -0.111. The summed E-state index contributed by atoms with van der Waals surface area (Å²) < 4.78 is 6.17. The van der Waals surface area contributed by atoms with Crippen molar-refractivity contribution in [2.24, 2.45) is 0 Å². The molecule has 3 rings (SSSR count). The van der Waals surface area contributed by atoms with Gasteiger partial charge in [-0.25, -0.2) is 0 Å². The van der Waals surface area contributed by atoms with Crippen molar-refractivity contribution in [3.8, 4) is 0 Å². The number of ether oxygens (including phenoxy) is 1. The van der Waals surface area contributed by atoms with E-state index in [1.165, 1.54) is 57.8 Å². The Balaban J connectivity index is 1.50. The fourth-order valence-corrected chi connectivity index (χ4v) is 4.64. The van der Waals surface area contributed by atoms with Crippen LogP contribution in [0.25, 0.3) is 0 Å². The third kappa shape index (κ3) is 4.20. The molecule has 2 saturated carbocycles. The van der Waals surface area contributed by atoms with Gasteiger partial charge in [0.15, 0.2) is 0 Å². The van der Waals surface area contributed by atoms with E-state index in [1.807, 2.05) is 0 Å². The molecule has 122 valence electrons. The minimum atomic E-state index is -0.450. The van der Waals surface area contributed by atoms with Crippen LogP contribution in [0.1, 0.15) is 83.5 Å². The highest BCUT2D eigenvalue weighted by molar-refractivity contribution is 4.93. The predicted octanol–water partition coefficient (Wildman–Crippen LogP) is 3.54. The maximum absolute atomic E-state index is 10.8. The Bertz CT molecular complexity index is 312. The summed E-state index contributed by atoms with van der Waals surface area (Å²) in [6.45, 7) is 1.68. The molecule has 0 amide bonds. The van der Waals surface area contributed by atoms with Crippen LogP contribution >= 0.6 is 0 Å². The average Bonchev–Trinajstić information content (AvgIpc) is 2.72. The standard InChI is InChI=1S/C18H33NO2/c20-17(9-4-1-2-5-10-17)15-19-16-8-13-21-18(14-16)11-6-3-7-12-18/h16,19-20H,1-15H2. The van der Waals surface area contributed by atoms with Gasteiger partial charge in [-0.05, 0) is 38.5 Å². The van der Waals surface area contributed by atoms with E-state index in [1.54, 1.807) is 0 Å². The van der Waals surface area contributed by atoms with Crippen molar-refractivity contribution < 1.29 is 9.84 Å². The van der Waals surface area contributed by atoms with Crippen LogP contribution in [-0.2, 0) is 4.74 Å². The minimum Gasteiger partial charge on any atom is -0.389 e. The Labute approximate surface area is 129 Å². The molecule has 0 aromatic rings. The molecular weight excluding hydrogens is 262 g/mol. The van der Waals surface area contributed by atoms with Crippen LogP contribution in [0.4, 0.5) is 0 Å². The fraction of sp³-hybridized carbons (Fsp3) is 1.00. The number of nitrogens with one attached hydrogen (secondary N) is 1. The van der Waals surface area contributed by atoms with Gasteiger partial charge >= 0.3 is 0 Å². The Morgan fingerprint density at radius 2 is 1.52 bits per heavy atom. The maximum atomic E-state index is 10.8. The predicted molar refractivity (Wildman–Crippen MR) is 85.4 cm³/mol. The normalized spacial score (nSPS) is 32.7. The molecule has 1 atom stereocenters. The van der Waals surface area contributed by atoms with E-state index < -0.39 is 5.60 Å². The first-order valence-electron chi connectivity index (χ1n) is 9.30. The number of hydrogen-bond acceptors (Lipinski definition) is 3. The maximum Gasteiger partial charge on any atom is 0.0771 e. The lowest BCUT2D eigenvalue weighted by Crippen LogP contribution is -2.51. The van der Waals surface area contributed by atoms with Crippen molar-refractivity contribution in [2.75, 3.05) is 13.2 Å². The van der Waals surface area contributed by atoms with Crippen LogP contribution in [0.3, 0.4) is 0 Å². The number of rotatable bonds is 3. The van der Waals surface area contributed by atoms with Crippen molar-refractivity contribution in [1.29, 1.82) is 0 Å². The summed E-state index contributed by atoms with van der Waals surface area (Å²) >= 11 is 0. The van der Waals surface area contributed by atoms with Gasteiger partial charge in [0.1, 0.15) is 0 Å². The third-order valence-corrected chi connectivity index (χ3v) is 6.01. The van der Waals surface area contributed by atoms with Crippen molar-refractivity contribution in [3.63, 3.8) is 0 Å². The Kier molecular flexibility index (Phi) is 5.23.